The van der Waals surface area contributed by atoms with Gasteiger partial charge in [-0.15, -0.1) is 0 Å². The van der Waals surface area contributed by atoms with Crippen LogP contribution < -0.4 is 10.2 Å². The third-order valence-corrected chi connectivity index (χ3v) is 5.92. The summed E-state index contributed by atoms with van der Waals surface area (Å²) in [6.07, 6.45) is 0.445. The second-order valence-corrected chi connectivity index (χ2v) is 8.02. The molecule has 28 heavy (non-hydrogen) atoms. The maximum absolute atomic E-state index is 13.2. The minimum absolute atomic E-state index is 0.102. The highest BCUT2D eigenvalue weighted by Gasteiger charge is 2.40. The van der Waals surface area contributed by atoms with Crippen molar-refractivity contribution in [2.24, 2.45) is 0 Å². The fourth-order valence-corrected chi connectivity index (χ4v) is 4.33. The van der Waals surface area contributed by atoms with Gasteiger partial charge in [-0.25, -0.2) is 0 Å². The van der Waals surface area contributed by atoms with E-state index in [-0.39, 0.29) is 11.5 Å². The van der Waals surface area contributed by atoms with E-state index in [4.69, 9.17) is 23.2 Å². The number of benzene rings is 2. The van der Waals surface area contributed by atoms with Gasteiger partial charge in [0, 0.05) is 22.8 Å². The maximum Gasteiger partial charge on any atom is 0.264 e. The van der Waals surface area contributed by atoms with E-state index in [9.17, 15) is 14.9 Å². The molecule has 0 aliphatic carbocycles. The van der Waals surface area contributed by atoms with E-state index in [1.165, 1.54) is 23.7 Å². The number of carbonyl (C=O) groups is 2. The first kappa shape index (κ1) is 20.3. The molecule has 3 rings (SSSR count). The number of rotatable bonds is 4. The highest BCUT2D eigenvalue weighted by atomic mass is 35.5. The van der Waals surface area contributed by atoms with Crippen LogP contribution in [0.1, 0.15) is 5.56 Å². The lowest BCUT2D eigenvalue weighted by Gasteiger charge is -2.18. The Labute approximate surface area is 176 Å². The molecule has 1 saturated heterocycles. The number of nitrogens with zero attached hydrogens (tertiary/aromatic N) is 2. The highest BCUT2D eigenvalue weighted by Crippen LogP contribution is 2.42. The standard InChI is InChI=1S/C20H15Cl2N3O2S/c1-24-18(26)16(11-23)20-25(15-8-6-14(22)7-9-15)19(27)17(28-20)10-12-2-4-13(21)5-3-12/h2-9,17H,10H2,1H3,(H,24,26)/b20-16-. The number of hydrogen-bond donors (Lipinski definition) is 1. The fourth-order valence-electron chi connectivity index (χ4n) is 2.77. The van der Waals surface area contributed by atoms with Gasteiger partial charge in [-0.1, -0.05) is 47.1 Å². The molecular formula is C20H15Cl2N3O2S. The molecule has 1 N–H and O–H groups in total. The molecule has 2 amide bonds. The molecular weight excluding hydrogens is 417 g/mol. The fraction of sp³-hybridized carbons (Fsp3) is 0.150. The Bertz CT molecular complexity index is 982. The largest absolute Gasteiger partial charge is 0.354 e. The SMILES string of the molecule is CNC(=O)/C(C#N)=C1\SC(Cc2ccc(Cl)cc2)C(=O)N1c1ccc(Cl)cc1. The summed E-state index contributed by atoms with van der Waals surface area (Å²) < 4.78 is 0. The van der Waals surface area contributed by atoms with Crippen molar-refractivity contribution in [1.29, 1.82) is 5.26 Å². The first-order valence-corrected chi connectivity index (χ1v) is 9.95. The summed E-state index contributed by atoms with van der Waals surface area (Å²) in [5.74, 6) is -0.738. The van der Waals surface area contributed by atoms with Gasteiger partial charge >= 0.3 is 0 Å². The van der Waals surface area contributed by atoms with Crippen LogP contribution in [-0.2, 0) is 16.0 Å². The van der Waals surface area contributed by atoms with E-state index in [1.54, 1.807) is 36.4 Å². The van der Waals surface area contributed by atoms with Gasteiger partial charge in [0.15, 0.2) is 0 Å². The monoisotopic (exact) mass is 431 g/mol. The van der Waals surface area contributed by atoms with Crippen LogP contribution >= 0.6 is 35.0 Å². The van der Waals surface area contributed by atoms with Crippen molar-refractivity contribution in [2.75, 3.05) is 11.9 Å². The first-order valence-electron chi connectivity index (χ1n) is 8.31. The number of thioether (sulfide) groups is 1. The molecule has 5 nitrogen and oxygen atoms in total. The lowest BCUT2D eigenvalue weighted by atomic mass is 10.1. The predicted octanol–water partition coefficient (Wildman–Crippen LogP) is 4.17. The van der Waals surface area contributed by atoms with Crippen LogP contribution in [0, 0.1) is 11.3 Å². The minimum Gasteiger partial charge on any atom is -0.354 e. The number of halogens is 2. The summed E-state index contributed by atoms with van der Waals surface area (Å²) >= 11 is 13.1. The number of amides is 2. The zero-order valence-electron chi connectivity index (χ0n) is 14.8. The normalized spacial score (nSPS) is 18.0. The molecule has 1 atom stereocenters. The number of nitriles is 1. The lowest BCUT2D eigenvalue weighted by Crippen LogP contribution is -2.31. The van der Waals surface area contributed by atoms with Crippen LogP contribution in [0.4, 0.5) is 5.69 Å². The number of likely N-dealkylation sites (N-methyl/N-ethyl adjacent to an activating group) is 1. The summed E-state index contributed by atoms with van der Waals surface area (Å²) in [7, 11) is 1.44. The summed E-state index contributed by atoms with van der Waals surface area (Å²) in [5.41, 5.74) is 1.38. The number of anilines is 1. The molecule has 0 radical (unpaired) electrons. The van der Waals surface area contributed by atoms with Gasteiger partial charge in [0.1, 0.15) is 16.7 Å². The molecule has 1 unspecified atom stereocenters. The van der Waals surface area contributed by atoms with Gasteiger partial charge in [0.25, 0.3) is 5.91 Å². The third kappa shape index (κ3) is 4.17. The molecule has 0 spiro atoms. The summed E-state index contributed by atoms with van der Waals surface area (Å²) in [6, 6.07) is 15.9. The Morgan fingerprint density at radius 1 is 1.14 bits per heavy atom. The van der Waals surface area contributed by atoms with E-state index in [1.807, 2.05) is 18.2 Å². The van der Waals surface area contributed by atoms with Crippen molar-refractivity contribution in [2.45, 2.75) is 11.7 Å². The van der Waals surface area contributed by atoms with E-state index in [2.05, 4.69) is 5.32 Å². The van der Waals surface area contributed by atoms with Crippen molar-refractivity contribution in [3.63, 3.8) is 0 Å². The number of carbonyl (C=O) groups excluding carboxylic acids is 2. The zero-order chi connectivity index (χ0) is 20.3. The van der Waals surface area contributed by atoms with Gasteiger partial charge in [-0.05, 0) is 48.4 Å². The van der Waals surface area contributed by atoms with Crippen molar-refractivity contribution < 1.29 is 9.59 Å². The van der Waals surface area contributed by atoms with Crippen LogP contribution in [0.2, 0.25) is 10.0 Å². The number of hydrogen-bond acceptors (Lipinski definition) is 4. The van der Waals surface area contributed by atoms with Crippen LogP contribution in [0.5, 0.6) is 0 Å². The van der Waals surface area contributed by atoms with Crippen molar-refractivity contribution in [1.82, 2.24) is 5.32 Å². The van der Waals surface area contributed by atoms with Gasteiger partial charge in [-0.2, -0.15) is 5.26 Å². The average molecular weight is 432 g/mol. The second kappa shape index (κ2) is 8.70. The summed E-state index contributed by atoms with van der Waals surface area (Å²) in [5, 5.41) is 13.0. The second-order valence-electron chi connectivity index (χ2n) is 5.96. The Kier molecular flexibility index (Phi) is 6.30. The molecule has 0 bridgehead atoms. The predicted molar refractivity (Wildman–Crippen MR) is 112 cm³/mol. The van der Waals surface area contributed by atoms with Crippen molar-refractivity contribution in [3.05, 3.63) is 74.7 Å². The van der Waals surface area contributed by atoms with E-state index >= 15 is 0 Å². The average Bonchev–Trinajstić information content (AvgIpc) is 3.00. The zero-order valence-corrected chi connectivity index (χ0v) is 17.1. The van der Waals surface area contributed by atoms with E-state index in [0.717, 1.165) is 5.56 Å². The molecule has 1 fully saturated rings. The Morgan fingerprint density at radius 2 is 1.71 bits per heavy atom. The van der Waals surface area contributed by atoms with E-state index < -0.39 is 11.2 Å². The van der Waals surface area contributed by atoms with Crippen LogP contribution in [0.15, 0.2) is 59.1 Å². The Balaban J connectivity index is 2.03. The quantitative estimate of drug-likeness (QED) is 0.582. The van der Waals surface area contributed by atoms with Gasteiger partial charge < -0.3 is 5.32 Å². The Hall–Kier alpha value is -2.46. The van der Waals surface area contributed by atoms with Gasteiger partial charge in [0.2, 0.25) is 5.91 Å². The lowest BCUT2D eigenvalue weighted by molar-refractivity contribution is -0.117. The molecule has 2 aromatic rings. The molecule has 0 aromatic heterocycles. The van der Waals surface area contributed by atoms with Gasteiger partial charge in [-0.3, -0.25) is 14.5 Å². The highest BCUT2D eigenvalue weighted by molar-refractivity contribution is 8.05. The van der Waals surface area contributed by atoms with Crippen LogP contribution in [0.25, 0.3) is 0 Å². The number of nitrogens with one attached hydrogen (secondary N) is 1. The molecule has 1 heterocycles. The van der Waals surface area contributed by atoms with Crippen LogP contribution in [0.3, 0.4) is 0 Å². The molecule has 1 aliphatic rings. The first-order chi connectivity index (χ1) is 13.4. The van der Waals surface area contributed by atoms with Gasteiger partial charge in [0.05, 0.1) is 5.25 Å². The molecule has 142 valence electrons. The molecule has 0 saturated carbocycles. The Morgan fingerprint density at radius 3 is 2.25 bits per heavy atom. The maximum atomic E-state index is 13.2. The third-order valence-electron chi connectivity index (χ3n) is 4.15. The van der Waals surface area contributed by atoms with Crippen molar-refractivity contribution >= 4 is 52.5 Å². The summed E-state index contributed by atoms with van der Waals surface area (Å²) in [4.78, 5) is 26.8. The smallest absolute Gasteiger partial charge is 0.264 e. The van der Waals surface area contributed by atoms with Crippen LogP contribution in [-0.4, -0.2) is 24.1 Å². The van der Waals surface area contributed by atoms with Crippen molar-refractivity contribution in [3.8, 4) is 6.07 Å². The minimum atomic E-state index is -0.538. The summed E-state index contributed by atoms with van der Waals surface area (Å²) in [6.45, 7) is 0. The molecule has 8 heteroatoms. The van der Waals surface area contributed by atoms with E-state index in [0.29, 0.717) is 27.2 Å². The molecule has 2 aromatic carbocycles. The molecule has 1 aliphatic heterocycles. The topological polar surface area (TPSA) is 73.2 Å².